The molecule has 0 aliphatic heterocycles. The van der Waals surface area contributed by atoms with Gasteiger partial charge in [-0.2, -0.15) is 0 Å². The molecule has 0 bridgehead atoms. The number of hydrogen-bond acceptors (Lipinski definition) is 4. The minimum Gasteiger partial charge on any atom is -0.391 e. The van der Waals surface area contributed by atoms with Crippen LogP contribution in [0.25, 0.3) is 0 Å². The van der Waals surface area contributed by atoms with Crippen LogP contribution in [0, 0.1) is 18.6 Å². The van der Waals surface area contributed by atoms with Crippen molar-refractivity contribution in [3.05, 3.63) is 51.3 Å². The van der Waals surface area contributed by atoms with Gasteiger partial charge in [0.2, 0.25) is 5.89 Å². The topological polar surface area (TPSA) is 62.1 Å². The van der Waals surface area contributed by atoms with Gasteiger partial charge in [-0.25, -0.2) is 18.7 Å². The van der Waals surface area contributed by atoms with Crippen LogP contribution in [0.15, 0.2) is 21.3 Å². The van der Waals surface area contributed by atoms with Crippen molar-refractivity contribution < 1.29 is 13.2 Å². The van der Waals surface area contributed by atoms with E-state index in [4.69, 9.17) is 4.42 Å². The van der Waals surface area contributed by atoms with E-state index in [0.29, 0.717) is 5.56 Å². The summed E-state index contributed by atoms with van der Waals surface area (Å²) in [5.41, 5.74) is 0.372. The fourth-order valence-electron chi connectivity index (χ4n) is 1.74. The lowest BCUT2D eigenvalue weighted by molar-refractivity contribution is 0.270. The molecule has 0 spiro atoms. The van der Waals surface area contributed by atoms with Crippen LogP contribution in [0.3, 0.4) is 0 Å². The van der Waals surface area contributed by atoms with E-state index in [1.165, 1.54) is 12.1 Å². The molecule has 1 heterocycles. The molecule has 0 unspecified atom stereocenters. The van der Waals surface area contributed by atoms with Crippen LogP contribution in [-0.2, 0) is 13.1 Å². The predicted molar refractivity (Wildman–Crippen MR) is 63.4 cm³/mol. The van der Waals surface area contributed by atoms with Crippen LogP contribution < -0.4 is 5.76 Å². The first kappa shape index (κ1) is 13.4. The van der Waals surface area contributed by atoms with Crippen molar-refractivity contribution in [1.82, 2.24) is 15.1 Å². The second-order valence-electron chi connectivity index (χ2n) is 4.34. The number of nitrogens with one attached hydrogen (secondary N) is 1. The third-order valence-electron chi connectivity index (χ3n) is 2.69. The Hall–Kier alpha value is -2.02. The zero-order chi connectivity index (χ0) is 14.0. The zero-order valence-corrected chi connectivity index (χ0v) is 10.5. The van der Waals surface area contributed by atoms with Crippen molar-refractivity contribution in [2.24, 2.45) is 0 Å². The minimum atomic E-state index is -0.656. The maximum atomic E-state index is 13.8. The molecule has 1 aromatic heterocycles. The highest BCUT2D eigenvalue weighted by Crippen LogP contribution is 2.18. The van der Waals surface area contributed by atoms with Gasteiger partial charge in [-0.15, -0.1) is 5.10 Å². The molecule has 0 radical (unpaired) electrons. The Morgan fingerprint density at radius 3 is 2.74 bits per heavy atom. The minimum absolute atomic E-state index is 0.0135. The first-order valence-electron chi connectivity index (χ1n) is 5.64. The lowest BCUT2D eigenvalue weighted by atomic mass is 10.1. The summed E-state index contributed by atoms with van der Waals surface area (Å²) in [5, 5.41) is 5.75. The van der Waals surface area contributed by atoms with Crippen molar-refractivity contribution >= 4 is 0 Å². The Morgan fingerprint density at radius 1 is 1.37 bits per heavy atom. The van der Waals surface area contributed by atoms with E-state index < -0.39 is 17.4 Å². The summed E-state index contributed by atoms with van der Waals surface area (Å²) in [6.45, 7) is 1.80. The van der Waals surface area contributed by atoms with Gasteiger partial charge in [-0.3, -0.25) is 4.90 Å². The van der Waals surface area contributed by atoms with Gasteiger partial charge >= 0.3 is 5.76 Å². The average Bonchev–Trinajstić information content (AvgIpc) is 2.75. The fourth-order valence-corrected chi connectivity index (χ4v) is 1.74. The standard InChI is InChI=1S/C12H13F2N3O2/c1-7-3-4-9(13)8(11(7)14)5-17(2)6-10-15-16-12(18)19-10/h3-4H,5-6H2,1-2H3,(H,16,18). The summed E-state index contributed by atoms with van der Waals surface area (Å²) in [6.07, 6.45) is 0. The molecule has 0 saturated carbocycles. The van der Waals surface area contributed by atoms with E-state index in [1.807, 2.05) is 0 Å². The number of H-pyrrole nitrogens is 1. The largest absolute Gasteiger partial charge is 0.434 e. The molecule has 19 heavy (non-hydrogen) atoms. The van der Waals surface area contributed by atoms with Crippen LogP contribution in [0.5, 0.6) is 0 Å². The summed E-state index contributed by atoms with van der Waals surface area (Å²) in [5.74, 6) is -1.65. The lowest BCUT2D eigenvalue weighted by Crippen LogP contribution is -2.19. The summed E-state index contributed by atoms with van der Waals surface area (Å²) in [4.78, 5) is 12.4. The van der Waals surface area contributed by atoms with Crippen LogP contribution >= 0.6 is 0 Å². The van der Waals surface area contributed by atoms with Gasteiger partial charge in [0.1, 0.15) is 11.6 Å². The summed E-state index contributed by atoms with van der Waals surface area (Å²) < 4.78 is 32.1. The van der Waals surface area contributed by atoms with Gasteiger partial charge in [0.05, 0.1) is 6.54 Å². The smallest absolute Gasteiger partial charge is 0.391 e. The summed E-state index contributed by atoms with van der Waals surface area (Å²) in [7, 11) is 1.65. The summed E-state index contributed by atoms with van der Waals surface area (Å²) in [6, 6.07) is 2.62. The Balaban J connectivity index is 2.13. The molecule has 0 amide bonds. The molecular weight excluding hydrogens is 256 g/mol. The molecule has 7 heteroatoms. The maximum absolute atomic E-state index is 13.8. The van der Waals surface area contributed by atoms with Gasteiger partial charge in [-0.05, 0) is 25.6 Å². The van der Waals surface area contributed by atoms with Gasteiger partial charge < -0.3 is 4.42 Å². The Labute approximate surface area is 107 Å². The molecule has 2 rings (SSSR count). The van der Waals surface area contributed by atoms with Gasteiger partial charge in [0.15, 0.2) is 0 Å². The molecule has 0 aliphatic carbocycles. The number of hydrogen-bond donors (Lipinski definition) is 1. The van der Waals surface area contributed by atoms with Crippen molar-refractivity contribution in [1.29, 1.82) is 0 Å². The number of halogens is 2. The van der Waals surface area contributed by atoms with Gasteiger partial charge in [0, 0.05) is 12.1 Å². The Bertz CT molecular complexity index is 636. The summed E-state index contributed by atoms with van der Waals surface area (Å²) >= 11 is 0. The van der Waals surface area contributed by atoms with E-state index in [9.17, 15) is 13.6 Å². The first-order chi connectivity index (χ1) is 8.97. The lowest BCUT2D eigenvalue weighted by Gasteiger charge is -2.16. The van der Waals surface area contributed by atoms with E-state index >= 15 is 0 Å². The molecule has 0 saturated heterocycles. The van der Waals surface area contributed by atoms with E-state index in [1.54, 1.807) is 18.9 Å². The second-order valence-corrected chi connectivity index (χ2v) is 4.34. The Morgan fingerprint density at radius 2 is 2.11 bits per heavy atom. The molecule has 102 valence electrons. The molecule has 5 nitrogen and oxygen atoms in total. The van der Waals surface area contributed by atoms with E-state index in [0.717, 1.165) is 0 Å². The monoisotopic (exact) mass is 269 g/mol. The number of rotatable bonds is 4. The fraction of sp³-hybridized carbons (Fsp3) is 0.333. The number of benzene rings is 1. The van der Waals surface area contributed by atoms with Gasteiger partial charge in [0.25, 0.3) is 0 Å². The molecule has 2 aromatic rings. The highest BCUT2D eigenvalue weighted by atomic mass is 19.1. The Kier molecular flexibility index (Phi) is 3.75. The first-order valence-corrected chi connectivity index (χ1v) is 5.64. The van der Waals surface area contributed by atoms with Crippen molar-refractivity contribution in [2.75, 3.05) is 7.05 Å². The van der Waals surface area contributed by atoms with E-state index in [2.05, 4.69) is 10.2 Å². The number of aromatic amines is 1. The highest BCUT2D eigenvalue weighted by molar-refractivity contribution is 5.26. The van der Waals surface area contributed by atoms with Crippen LogP contribution in [0.1, 0.15) is 17.0 Å². The van der Waals surface area contributed by atoms with Gasteiger partial charge in [-0.1, -0.05) is 6.07 Å². The molecule has 0 aliphatic rings. The second kappa shape index (κ2) is 5.31. The molecule has 0 fully saturated rings. The van der Waals surface area contributed by atoms with E-state index in [-0.39, 0.29) is 24.5 Å². The quantitative estimate of drug-likeness (QED) is 0.915. The molecular formula is C12H13F2N3O2. The highest BCUT2D eigenvalue weighted by Gasteiger charge is 2.15. The zero-order valence-electron chi connectivity index (χ0n) is 10.5. The molecule has 0 atom stereocenters. The maximum Gasteiger partial charge on any atom is 0.434 e. The van der Waals surface area contributed by atoms with Crippen LogP contribution in [0.4, 0.5) is 8.78 Å². The van der Waals surface area contributed by atoms with Crippen molar-refractivity contribution in [3.8, 4) is 0 Å². The third-order valence-corrected chi connectivity index (χ3v) is 2.69. The average molecular weight is 269 g/mol. The van der Waals surface area contributed by atoms with Crippen molar-refractivity contribution in [2.45, 2.75) is 20.0 Å². The molecule has 1 aromatic carbocycles. The molecule has 1 N–H and O–H groups in total. The van der Waals surface area contributed by atoms with Crippen LogP contribution in [0.2, 0.25) is 0 Å². The number of nitrogens with zero attached hydrogens (tertiary/aromatic N) is 2. The van der Waals surface area contributed by atoms with Crippen molar-refractivity contribution in [3.63, 3.8) is 0 Å². The normalized spacial score (nSPS) is 11.2. The number of aryl methyl sites for hydroxylation is 1. The SMILES string of the molecule is Cc1ccc(F)c(CN(C)Cc2n[nH]c(=O)o2)c1F. The third kappa shape index (κ3) is 3.05. The number of aromatic nitrogens is 2. The van der Waals surface area contributed by atoms with Crippen LogP contribution in [-0.4, -0.2) is 22.1 Å². The predicted octanol–water partition coefficient (Wildman–Crippen LogP) is 1.58.